The van der Waals surface area contributed by atoms with Gasteiger partial charge in [0.25, 0.3) is 5.91 Å². The molecule has 102 valence electrons. The minimum absolute atomic E-state index is 0.0363. The van der Waals surface area contributed by atoms with E-state index in [-0.39, 0.29) is 12.5 Å². The molecule has 0 radical (unpaired) electrons. The third-order valence-electron chi connectivity index (χ3n) is 3.54. The van der Waals surface area contributed by atoms with Crippen LogP contribution in [0.5, 0.6) is 0 Å². The maximum atomic E-state index is 12.2. The Morgan fingerprint density at radius 1 is 1.20 bits per heavy atom. The molecule has 0 atom stereocenters. The summed E-state index contributed by atoms with van der Waals surface area (Å²) < 4.78 is 0. The quantitative estimate of drug-likeness (QED) is 0.766. The molecule has 0 aliphatic carbocycles. The summed E-state index contributed by atoms with van der Waals surface area (Å²) in [5.41, 5.74) is 1.50. The lowest BCUT2D eigenvalue weighted by molar-refractivity contribution is 0.0762. The van der Waals surface area contributed by atoms with Crippen molar-refractivity contribution in [3.63, 3.8) is 0 Å². The fourth-order valence-electron chi connectivity index (χ4n) is 2.46. The number of benzene rings is 2. The lowest BCUT2D eigenvalue weighted by atomic mass is 10.1. The first-order valence-corrected chi connectivity index (χ1v) is 6.57. The Morgan fingerprint density at radius 2 is 2.00 bits per heavy atom. The van der Waals surface area contributed by atoms with Crippen LogP contribution in [0.3, 0.4) is 0 Å². The van der Waals surface area contributed by atoms with E-state index in [4.69, 9.17) is 5.11 Å². The molecule has 4 nitrogen and oxygen atoms in total. The summed E-state index contributed by atoms with van der Waals surface area (Å²) in [4.78, 5) is 16.9. The van der Waals surface area contributed by atoms with E-state index < -0.39 is 0 Å². The Morgan fingerprint density at radius 3 is 2.80 bits per heavy atom. The SMILES string of the molecule is CN(CCO)C(=O)c1cc2c(ccc3ccccc32)[nH]1. The van der Waals surface area contributed by atoms with Crippen LogP contribution in [0.25, 0.3) is 21.7 Å². The molecule has 0 spiro atoms. The predicted octanol–water partition coefficient (Wildman–Crippen LogP) is 2.39. The molecular weight excluding hydrogens is 252 g/mol. The maximum Gasteiger partial charge on any atom is 0.270 e. The minimum atomic E-state index is -0.112. The average molecular weight is 268 g/mol. The van der Waals surface area contributed by atoms with Gasteiger partial charge in [0.1, 0.15) is 5.69 Å². The van der Waals surface area contributed by atoms with Crippen molar-refractivity contribution < 1.29 is 9.90 Å². The minimum Gasteiger partial charge on any atom is -0.395 e. The summed E-state index contributed by atoms with van der Waals surface area (Å²) in [6.45, 7) is 0.292. The summed E-state index contributed by atoms with van der Waals surface area (Å²) in [5, 5.41) is 12.2. The van der Waals surface area contributed by atoms with Crippen molar-refractivity contribution in [2.24, 2.45) is 0 Å². The molecule has 0 aliphatic heterocycles. The molecule has 3 aromatic rings. The molecule has 2 aromatic carbocycles. The van der Waals surface area contributed by atoms with E-state index in [1.54, 1.807) is 7.05 Å². The molecule has 0 fully saturated rings. The van der Waals surface area contributed by atoms with Crippen LogP contribution in [-0.4, -0.2) is 41.1 Å². The van der Waals surface area contributed by atoms with Gasteiger partial charge in [0.2, 0.25) is 0 Å². The van der Waals surface area contributed by atoms with Crippen molar-refractivity contribution in [1.29, 1.82) is 0 Å². The van der Waals surface area contributed by atoms with E-state index in [1.807, 2.05) is 30.3 Å². The molecule has 0 saturated heterocycles. The van der Waals surface area contributed by atoms with Crippen LogP contribution in [0.1, 0.15) is 10.5 Å². The predicted molar refractivity (Wildman–Crippen MR) is 79.9 cm³/mol. The van der Waals surface area contributed by atoms with E-state index in [2.05, 4.69) is 17.1 Å². The van der Waals surface area contributed by atoms with Gasteiger partial charge in [-0.1, -0.05) is 30.3 Å². The number of fused-ring (bicyclic) bond motifs is 3. The summed E-state index contributed by atoms with van der Waals surface area (Å²) in [5.74, 6) is -0.112. The van der Waals surface area contributed by atoms with E-state index in [0.717, 1.165) is 21.7 Å². The van der Waals surface area contributed by atoms with Crippen LogP contribution in [0.4, 0.5) is 0 Å². The largest absolute Gasteiger partial charge is 0.395 e. The monoisotopic (exact) mass is 268 g/mol. The number of aliphatic hydroxyl groups excluding tert-OH is 1. The van der Waals surface area contributed by atoms with Crippen molar-refractivity contribution in [2.45, 2.75) is 0 Å². The molecule has 0 aliphatic rings. The number of amides is 1. The molecule has 20 heavy (non-hydrogen) atoms. The fraction of sp³-hybridized carbons (Fsp3) is 0.188. The number of aliphatic hydroxyl groups is 1. The Labute approximate surface area is 116 Å². The average Bonchev–Trinajstić information content (AvgIpc) is 2.91. The fourth-order valence-corrected chi connectivity index (χ4v) is 2.46. The summed E-state index contributed by atoms with van der Waals surface area (Å²) >= 11 is 0. The molecule has 1 heterocycles. The van der Waals surface area contributed by atoms with Crippen molar-refractivity contribution >= 4 is 27.6 Å². The van der Waals surface area contributed by atoms with E-state index in [9.17, 15) is 4.79 Å². The number of carbonyl (C=O) groups excluding carboxylic acids is 1. The zero-order chi connectivity index (χ0) is 14.1. The molecule has 0 saturated carbocycles. The van der Waals surface area contributed by atoms with Crippen LogP contribution < -0.4 is 0 Å². The van der Waals surface area contributed by atoms with Crippen molar-refractivity contribution in [1.82, 2.24) is 9.88 Å². The van der Waals surface area contributed by atoms with Gasteiger partial charge >= 0.3 is 0 Å². The van der Waals surface area contributed by atoms with Gasteiger partial charge in [0, 0.05) is 24.5 Å². The zero-order valence-electron chi connectivity index (χ0n) is 11.3. The Kier molecular flexibility index (Phi) is 3.16. The lowest BCUT2D eigenvalue weighted by Gasteiger charge is -2.13. The van der Waals surface area contributed by atoms with Gasteiger partial charge in [-0.2, -0.15) is 0 Å². The number of hydrogen-bond acceptors (Lipinski definition) is 2. The Hall–Kier alpha value is -2.33. The number of likely N-dealkylation sites (N-methyl/N-ethyl adjacent to an activating group) is 1. The van der Waals surface area contributed by atoms with Crippen LogP contribution in [0, 0.1) is 0 Å². The van der Waals surface area contributed by atoms with Gasteiger partial charge in [0.05, 0.1) is 6.61 Å². The highest BCUT2D eigenvalue weighted by molar-refractivity contribution is 6.09. The molecule has 0 unspecified atom stereocenters. The molecule has 0 bridgehead atoms. The van der Waals surface area contributed by atoms with Crippen molar-refractivity contribution in [3.8, 4) is 0 Å². The van der Waals surface area contributed by atoms with Crippen LogP contribution in [0.15, 0.2) is 42.5 Å². The highest BCUT2D eigenvalue weighted by Gasteiger charge is 2.14. The first-order chi connectivity index (χ1) is 9.70. The van der Waals surface area contributed by atoms with Gasteiger partial charge in [-0.05, 0) is 22.9 Å². The summed E-state index contributed by atoms with van der Waals surface area (Å²) in [6.07, 6.45) is 0. The van der Waals surface area contributed by atoms with E-state index in [0.29, 0.717) is 12.2 Å². The number of aromatic nitrogens is 1. The topological polar surface area (TPSA) is 56.3 Å². The van der Waals surface area contributed by atoms with Crippen molar-refractivity contribution in [2.75, 3.05) is 20.2 Å². The maximum absolute atomic E-state index is 12.2. The van der Waals surface area contributed by atoms with Crippen LogP contribution in [-0.2, 0) is 0 Å². The first-order valence-electron chi connectivity index (χ1n) is 6.57. The molecule has 2 N–H and O–H groups in total. The second kappa shape index (κ2) is 4.98. The van der Waals surface area contributed by atoms with E-state index >= 15 is 0 Å². The first kappa shape index (κ1) is 12.7. The summed E-state index contributed by atoms with van der Waals surface area (Å²) in [7, 11) is 1.68. The second-order valence-corrected chi connectivity index (χ2v) is 4.88. The highest BCUT2D eigenvalue weighted by atomic mass is 16.3. The molecule has 1 amide bonds. The molecular formula is C16H16N2O2. The number of hydrogen-bond donors (Lipinski definition) is 2. The number of H-pyrrole nitrogens is 1. The zero-order valence-corrected chi connectivity index (χ0v) is 11.3. The number of aromatic amines is 1. The van der Waals surface area contributed by atoms with Crippen molar-refractivity contribution in [3.05, 3.63) is 48.2 Å². The Balaban J connectivity index is 2.11. The van der Waals surface area contributed by atoms with Gasteiger partial charge in [-0.15, -0.1) is 0 Å². The number of rotatable bonds is 3. The van der Waals surface area contributed by atoms with Gasteiger partial charge in [-0.25, -0.2) is 0 Å². The number of nitrogens with one attached hydrogen (secondary N) is 1. The van der Waals surface area contributed by atoms with Crippen LogP contribution >= 0.6 is 0 Å². The normalized spacial score (nSPS) is 11.1. The summed E-state index contributed by atoms with van der Waals surface area (Å²) in [6, 6.07) is 14.0. The number of nitrogens with zero attached hydrogens (tertiary/aromatic N) is 1. The third kappa shape index (κ3) is 2.04. The smallest absolute Gasteiger partial charge is 0.270 e. The van der Waals surface area contributed by atoms with Gasteiger partial charge in [0.15, 0.2) is 0 Å². The second-order valence-electron chi connectivity index (χ2n) is 4.88. The lowest BCUT2D eigenvalue weighted by Crippen LogP contribution is -2.29. The van der Waals surface area contributed by atoms with Gasteiger partial charge in [-0.3, -0.25) is 4.79 Å². The third-order valence-corrected chi connectivity index (χ3v) is 3.54. The van der Waals surface area contributed by atoms with Crippen LogP contribution in [0.2, 0.25) is 0 Å². The highest BCUT2D eigenvalue weighted by Crippen LogP contribution is 2.26. The Bertz CT molecular complexity index is 776. The standard InChI is InChI=1S/C16H16N2O2/c1-18(8-9-19)16(20)15-10-13-12-5-3-2-4-11(12)6-7-14(13)17-15/h2-7,10,17,19H,8-9H2,1H3. The number of carbonyl (C=O) groups is 1. The molecule has 3 rings (SSSR count). The molecule has 1 aromatic heterocycles. The van der Waals surface area contributed by atoms with E-state index in [1.165, 1.54) is 4.90 Å². The van der Waals surface area contributed by atoms with Gasteiger partial charge < -0.3 is 15.0 Å². The molecule has 4 heteroatoms.